The Morgan fingerprint density at radius 1 is 1.11 bits per heavy atom. The molecule has 27 heavy (non-hydrogen) atoms. The van der Waals surface area contributed by atoms with Gasteiger partial charge >= 0.3 is 0 Å². The second-order valence-electron chi connectivity index (χ2n) is 6.20. The maximum absolute atomic E-state index is 12.0. The fourth-order valence-corrected chi connectivity index (χ4v) is 2.56. The largest absolute Gasteiger partial charge is 0.484 e. The number of imidazole rings is 1. The number of benzene rings is 2. The molecule has 0 aliphatic heterocycles. The molecule has 0 atom stereocenters. The van der Waals surface area contributed by atoms with Crippen molar-refractivity contribution in [2.75, 3.05) is 6.61 Å². The maximum Gasteiger partial charge on any atom is 0.258 e. The Kier molecular flexibility index (Phi) is 5.99. The summed E-state index contributed by atoms with van der Waals surface area (Å²) in [6.07, 6.45) is 5.45. The van der Waals surface area contributed by atoms with Gasteiger partial charge in [0.1, 0.15) is 5.75 Å². The summed E-state index contributed by atoms with van der Waals surface area (Å²) in [7, 11) is 0. The predicted molar refractivity (Wildman–Crippen MR) is 102 cm³/mol. The Labute approximate surface area is 157 Å². The van der Waals surface area contributed by atoms with Gasteiger partial charge in [-0.25, -0.2) is 4.98 Å². The minimum atomic E-state index is -0.217. The highest BCUT2D eigenvalue weighted by Gasteiger charge is 2.05. The van der Waals surface area contributed by atoms with E-state index >= 15 is 0 Å². The average Bonchev–Trinajstić information content (AvgIpc) is 3.19. The molecule has 6 nitrogen and oxygen atoms in total. The third kappa shape index (κ3) is 5.54. The summed E-state index contributed by atoms with van der Waals surface area (Å²) < 4.78 is 7.45. The van der Waals surface area contributed by atoms with Gasteiger partial charge in [0.15, 0.2) is 12.4 Å². The number of hydrogen-bond donors (Lipinski definition) is 1. The van der Waals surface area contributed by atoms with Crippen molar-refractivity contribution in [3.8, 4) is 5.75 Å². The van der Waals surface area contributed by atoms with E-state index < -0.39 is 0 Å². The first-order valence-corrected chi connectivity index (χ1v) is 8.64. The molecule has 0 aliphatic carbocycles. The summed E-state index contributed by atoms with van der Waals surface area (Å²) in [5.74, 6) is 0.244. The zero-order chi connectivity index (χ0) is 19.1. The van der Waals surface area contributed by atoms with Crippen LogP contribution in [0.25, 0.3) is 0 Å². The monoisotopic (exact) mass is 363 g/mol. The molecule has 1 aromatic heterocycles. The van der Waals surface area contributed by atoms with Crippen molar-refractivity contribution in [3.63, 3.8) is 0 Å². The number of rotatable bonds is 8. The highest BCUT2D eigenvalue weighted by Crippen LogP contribution is 2.13. The van der Waals surface area contributed by atoms with Crippen LogP contribution in [0, 0.1) is 0 Å². The third-order valence-corrected chi connectivity index (χ3v) is 4.05. The fraction of sp³-hybridized carbons (Fsp3) is 0.190. The molecule has 0 aliphatic rings. The van der Waals surface area contributed by atoms with Crippen LogP contribution in [0.5, 0.6) is 5.75 Å². The lowest BCUT2D eigenvalue weighted by molar-refractivity contribution is -0.123. The van der Waals surface area contributed by atoms with E-state index in [9.17, 15) is 9.59 Å². The van der Waals surface area contributed by atoms with Crippen molar-refractivity contribution in [1.82, 2.24) is 14.9 Å². The van der Waals surface area contributed by atoms with Crippen LogP contribution in [-0.4, -0.2) is 27.8 Å². The molecule has 2 aromatic carbocycles. The number of amides is 1. The first-order valence-electron chi connectivity index (χ1n) is 8.64. The molecule has 0 spiro atoms. The van der Waals surface area contributed by atoms with Crippen LogP contribution < -0.4 is 10.1 Å². The van der Waals surface area contributed by atoms with E-state index in [-0.39, 0.29) is 18.3 Å². The van der Waals surface area contributed by atoms with E-state index in [1.165, 1.54) is 6.92 Å². The van der Waals surface area contributed by atoms with E-state index in [0.29, 0.717) is 17.9 Å². The molecule has 0 bridgehead atoms. The highest BCUT2D eigenvalue weighted by atomic mass is 16.5. The second-order valence-corrected chi connectivity index (χ2v) is 6.20. The number of nitrogens with one attached hydrogen (secondary N) is 1. The van der Waals surface area contributed by atoms with Gasteiger partial charge in [0, 0.05) is 31.0 Å². The van der Waals surface area contributed by atoms with Crippen molar-refractivity contribution in [3.05, 3.63) is 83.9 Å². The summed E-state index contributed by atoms with van der Waals surface area (Å²) in [6.45, 7) is 2.59. The van der Waals surface area contributed by atoms with Gasteiger partial charge in [0.05, 0.1) is 6.33 Å². The number of carbonyl (C=O) groups excluding carboxylic acids is 2. The standard InChI is InChI=1S/C21H21N3O3/c1-16(25)19-3-2-4-20(11-19)27-14-21(26)23-12-17-5-7-18(8-6-17)13-24-10-9-22-15-24/h2-11,15H,12-14H2,1H3,(H,23,26). The predicted octanol–water partition coefficient (Wildman–Crippen LogP) is 2.83. The lowest BCUT2D eigenvalue weighted by atomic mass is 10.1. The number of Topliss-reactive ketones (excluding diaryl/α,β-unsaturated/α-hetero) is 1. The summed E-state index contributed by atoms with van der Waals surface area (Å²) >= 11 is 0. The van der Waals surface area contributed by atoms with Crippen LogP contribution in [0.15, 0.2) is 67.3 Å². The number of hydrogen-bond acceptors (Lipinski definition) is 4. The van der Waals surface area contributed by atoms with E-state index in [4.69, 9.17) is 4.74 Å². The van der Waals surface area contributed by atoms with Gasteiger partial charge in [-0.2, -0.15) is 0 Å². The van der Waals surface area contributed by atoms with Crippen LogP contribution in [0.3, 0.4) is 0 Å². The summed E-state index contributed by atoms with van der Waals surface area (Å²) in [5.41, 5.74) is 2.73. The maximum atomic E-state index is 12.0. The molecule has 3 aromatic rings. The van der Waals surface area contributed by atoms with Crippen molar-refractivity contribution in [2.45, 2.75) is 20.0 Å². The smallest absolute Gasteiger partial charge is 0.258 e. The zero-order valence-electron chi connectivity index (χ0n) is 15.1. The fourth-order valence-electron chi connectivity index (χ4n) is 2.56. The van der Waals surface area contributed by atoms with Crippen LogP contribution >= 0.6 is 0 Å². The Bertz CT molecular complexity index is 903. The molecule has 3 rings (SSSR count). The first-order chi connectivity index (χ1) is 13.1. The van der Waals surface area contributed by atoms with Crippen LogP contribution in [0.2, 0.25) is 0 Å². The molecule has 1 amide bonds. The number of nitrogens with zero attached hydrogens (tertiary/aromatic N) is 2. The Balaban J connectivity index is 1.45. The zero-order valence-corrected chi connectivity index (χ0v) is 15.1. The summed E-state index contributed by atoms with van der Waals surface area (Å²) in [4.78, 5) is 27.4. The van der Waals surface area contributed by atoms with Crippen LogP contribution in [0.4, 0.5) is 0 Å². The minimum absolute atomic E-state index is 0.0404. The van der Waals surface area contributed by atoms with Crippen molar-refractivity contribution in [2.24, 2.45) is 0 Å². The highest BCUT2D eigenvalue weighted by molar-refractivity contribution is 5.94. The van der Waals surface area contributed by atoms with E-state index in [2.05, 4.69) is 10.3 Å². The Morgan fingerprint density at radius 3 is 2.59 bits per heavy atom. The summed E-state index contributed by atoms with van der Waals surface area (Å²) in [5, 5.41) is 2.83. The Morgan fingerprint density at radius 2 is 1.89 bits per heavy atom. The van der Waals surface area contributed by atoms with Gasteiger partial charge in [-0.05, 0) is 30.2 Å². The molecule has 0 unspecified atom stereocenters. The molecule has 0 saturated heterocycles. The average molecular weight is 363 g/mol. The molecule has 1 heterocycles. The van der Waals surface area contributed by atoms with E-state index in [0.717, 1.165) is 17.7 Å². The molecule has 6 heteroatoms. The number of carbonyl (C=O) groups is 2. The normalized spacial score (nSPS) is 10.4. The van der Waals surface area contributed by atoms with Crippen molar-refractivity contribution < 1.29 is 14.3 Å². The number of aromatic nitrogens is 2. The van der Waals surface area contributed by atoms with Crippen molar-refractivity contribution in [1.29, 1.82) is 0 Å². The molecular formula is C21H21N3O3. The van der Waals surface area contributed by atoms with Gasteiger partial charge < -0.3 is 14.6 Å². The molecule has 1 N–H and O–H groups in total. The van der Waals surface area contributed by atoms with Gasteiger partial charge in [-0.3, -0.25) is 9.59 Å². The van der Waals surface area contributed by atoms with Crippen LogP contribution in [-0.2, 0) is 17.9 Å². The topological polar surface area (TPSA) is 73.2 Å². The first kappa shape index (κ1) is 18.4. The van der Waals surface area contributed by atoms with E-state index in [1.807, 2.05) is 35.0 Å². The van der Waals surface area contributed by atoms with Gasteiger partial charge in [0.2, 0.25) is 0 Å². The lowest BCUT2D eigenvalue weighted by Crippen LogP contribution is -2.28. The molecular weight excluding hydrogens is 342 g/mol. The van der Waals surface area contributed by atoms with Gasteiger partial charge in [0.25, 0.3) is 5.91 Å². The van der Waals surface area contributed by atoms with Gasteiger partial charge in [-0.15, -0.1) is 0 Å². The third-order valence-electron chi connectivity index (χ3n) is 4.05. The van der Waals surface area contributed by atoms with E-state index in [1.54, 1.807) is 36.8 Å². The van der Waals surface area contributed by atoms with Crippen LogP contribution in [0.1, 0.15) is 28.4 Å². The molecule has 138 valence electrons. The lowest BCUT2D eigenvalue weighted by Gasteiger charge is -2.09. The number of ketones is 1. The molecule has 0 saturated carbocycles. The summed E-state index contributed by atoms with van der Waals surface area (Å²) in [6, 6.07) is 14.8. The molecule has 0 fully saturated rings. The van der Waals surface area contributed by atoms with Crippen molar-refractivity contribution >= 4 is 11.7 Å². The van der Waals surface area contributed by atoms with Gasteiger partial charge in [-0.1, -0.05) is 36.4 Å². The Hall–Kier alpha value is -3.41. The second kappa shape index (κ2) is 8.80. The number of ether oxygens (including phenoxy) is 1. The quantitative estimate of drug-likeness (QED) is 0.625. The minimum Gasteiger partial charge on any atom is -0.484 e. The molecule has 0 radical (unpaired) electrons. The SMILES string of the molecule is CC(=O)c1cccc(OCC(=O)NCc2ccc(Cn3ccnc3)cc2)c1.